The molecule has 0 aliphatic heterocycles. The van der Waals surface area contributed by atoms with Gasteiger partial charge in [-0.05, 0) is 96.2 Å². The molecule has 4 N–H and O–H groups in total. The monoisotopic (exact) mass is 996 g/mol. The summed E-state index contributed by atoms with van der Waals surface area (Å²) in [7, 11) is 0.440. The van der Waals surface area contributed by atoms with Gasteiger partial charge in [-0.2, -0.15) is 0 Å². The van der Waals surface area contributed by atoms with Crippen molar-refractivity contribution in [3.05, 3.63) is 102 Å². The van der Waals surface area contributed by atoms with E-state index < -0.39 is 37.2 Å². The molecular weight excluding hydrogens is 940 g/mol. The van der Waals surface area contributed by atoms with Crippen molar-refractivity contribution in [2.75, 3.05) is 38.0 Å². The zero-order valence-electron chi connectivity index (χ0n) is 39.3. The Balaban J connectivity index is 0.000000195. The lowest BCUT2D eigenvalue weighted by Gasteiger charge is -2.24. The van der Waals surface area contributed by atoms with Gasteiger partial charge < -0.3 is 24.0 Å². The number of anilines is 2. The number of carboxylic acid groups (broad SMARTS) is 1. The summed E-state index contributed by atoms with van der Waals surface area (Å²) in [5.74, 6) is -1.63. The summed E-state index contributed by atoms with van der Waals surface area (Å²) in [6.45, 7) is 11.9. The summed E-state index contributed by atoms with van der Waals surface area (Å²) < 4.78 is 50.7. The molecule has 2 fully saturated rings. The first-order valence-corrected chi connectivity index (χ1v) is 25.6. The molecule has 4 aromatic carbocycles. The van der Waals surface area contributed by atoms with Crippen LogP contribution in [0.5, 0.6) is 0 Å². The Morgan fingerprint density at radius 1 is 0.657 bits per heavy atom. The van der Waals surface area contributed by atoms with Gasteiger partial charge in [0, 0.05) is 49.7 Å². The molecule has 15 nitrogen and oxygen atoms in total. The lowest BCUT2D eigenvalue weighted by Crippen LogP contribution is -2.36. The minimum absolute atomic E-state index is 0.123. The van der Waals surface area contributed by atoms with E-state index in [1.54, 1.807) is 50.4 Å². The maximum absolute atomic E-state index is 13.4. The van der Waals surface area contributed by atoms with E-state index in [0.29, 0.717) is 77.9 Å². The molecule has 0 unspecified atom stereocenters. The topological polar surface area (TPSA) is 211 Å². The minimum atomic E-state index is -3.70. The molecule has 2 aromatic heterocycles. The Hall–Kier alpha value is -5.20. The van der Waals surface area contributed by atoms with Gasteiger partial charge >= 0.3 is 5.97 Å². The fourth-order valence-corrected chi connectivity index (χ4v) is 10.6. The zero-order valence-corrected chi connectivity index (χ0v) is 42.5. The van der Waals surface area contributed by atoms with Crippen LogP contribution >= 0.6 is 23.2 Å². The Morgan fingerprint density at radius 2 is 1.03 bits per heavy atom. The molecule has 2 saturated carbocycles. The molecule has 6 aromatic rings. The van der Waals surface area contributed by atoms with E-state index in [1.807, 2.05) is 57.4 Å². The van der Waals surface area contributed by atoms with Crippen LogP contribution in [0.2, 0.25) is 10.0 Å². The number of benzene rings is 4. The number of sulfonamides is 2. The van der Waals surface area contributed by atoms with E-state index in [0.717, 1.165) is 24.0 Å². The van der Waals surface area contributed by atoms with Crippen molar-refractivity contribution in [2.24, 2.45) is 5.14 Å². The fourth-order valence-electron chi connectivity index (χ4n) is 7.89. The smallest absolute Gasteiger partial charge is 0.323 e. The molecule has 2 aliphatic carbocycles. The SMILES string of the molecule is CN(C)c1c(Cl)ccc2c(=O)c3ccc(C(C)(C)C)cc3n(CC(=O)NS(=O)(=O)C3CC3)c12.CN(C)c1c(Cl)ccc2c(=O)c3ccc(C(C)(C)C)cc3n(CC(=O)O)c12.NS(=O)(=O)C1CC1. The maximum atomic E-state index is 13.4. The molecule has 8 rings (SSSR count). The molecule has 0 saturated heterocycles. The average Bonchev–Trinajstić information content (AvgIpc) is 4.12. The van der Waals surface area contributed by atoms with Crippen LogP contribution in [0.25, 0.3) is 43.6 Å². The summed E-state index contributed by atoms with van der Waals surface area (Å²) in [5.41, 5.74) is 4.83. The number of carbonyl (C=O) groups excluding carboxylic acids is 1. The number of aromatic nitrogens is 2. The number of primary sulfonamides is 1. The van der Waals surface area contributed by atoms with Crippen LogP contribution in [0.15, 0.2) is 70.3 Å². The second kappa shape index (κ2) is 18.7. The van der Waals surface area contributed by atoms with Crippen molar-refractivity contribution < 1.29 is 31.5 Å². The van der Waals surface area contributed by atoms with Gasteiger partial charge in [-0.3, -0.25) is 23.9 Å². The van der Waals surface area contributed by atoms with Crippen LogP contribution in [-0.2, 0) is 53.6 Å². The lowest BCUT2D eigenvalue weighted by atomic mass is 9.86. The largest absolute Gasteiger partial charge is 0.480 e. The van der Waals surface area contributed by atoms with Crippen LogP contribution < -0.4 is 30.5 Å². The number of halogens is 2. The Labute approximate surface area is 400 Å². The van der Waals surface area contributed by atoms with Crippen LogP contribution in [0.4, 0.5) is 11.4 Å². The highest BCUT2D eigenvalue weighted by atomic mass is 35.5. The van der Waals surface area contributed by atoms with Crippen molar-refractivity contribution in [1.82, 2.24) is 13.9 Å². The van der Waals surface area contributed by atoms with Crippen molar-refractivity contribution in [3.8, 4) is 0 Å². The average molecular weight is 998 g/mol. The van der Waals surface area contributed by atoms with E-state index >= 15 is 0 Å². The third-order valence-electron chi connectivity index (χ3n) is 11.7. The van der Waals surface area contributed by atoms with Gasteiger partial charge in [0.05, 0.1) is 54.0 Å². The molecule has 360 valence electrons. The molecule has 2 aliphatic rings. The van der Waals surface area contributed by atoms with Gasteiger partial charge in [0.1, 0.15) is 13.1 Å². The van der Waals surface area contributed by atoms with Gasteiger partial charge in [0.25, 0.3) is 5.91 Å². The van der Waals surface area contributed by atoms with Crippen LogP contribution in [0, 0.1) is 0 Å². The summed E-state index contributed by atoms with van der Waals surface area (Å²) >= 11 is 12.9. The van der Waals surface area contributed by atoms with Crippen molar-refractivity contribution in [1.29, 1.82) is 0 Å². The number of nitrogens with one attached hydrogen (secondary N) is 1. The number of carbonyl (C=O) groups is 2. The number of pyridine rings is 2. The highest BCUT2D eigenvalue weighted by Crippen LogP contribution is 2.37. The van der Waals surface area contributed by atoms with Gasteiger partial charge in [0.15, 0.2) is 10.9 Å². The molecule has 0 bridgehead atoms. The normalized spacial score (nSPS) is 14.3. The number of hydrogen-bond donors (Lipinski definition) is 3. The van der Waals surface area contributed by atoms with Gasteiger partial charge in [-0.25, -0.2) is 22.0 Å². The Kier molecular flexibility index (Phi) is 14.3. The van der Waals surface area contributed by atoms with Crippen LogP contribution in [0.1, 0.15) is 78.4 Å². The molecule has 0 radical (unpaired) electrons. The number of rotatable bonds is 9. The van der Waals surface area contributed by atoms with E-state index in [-0.39, 0.29) is 40.0 Å². The number of nitrogens with zero attached hydrogens (tertiary/aromatic N) is 4. The summed E-state index contributed by atoms with van der Waals surface area (Å²) in [5, 5.41) is 16.3. The first kappa shape index (κ1) is 51.2. The molecule has 67 heavy (non-hydrogen) atoms. The number of nitrogens with two attached hydrogens (primary N) is 1. The van der Waals surface area contributed by atoms with Gasteiger partial charge in [-0.1, -0.05) is 76.9 Å². The maximum Gasteiger partial charge on any atom is 0.323 e. The molecule has 19 heteroatoms. The molecule has 0 spiro atoms. The van der Waals surface area contributed by atoms with E-state index in [1.165, 1.54) is 0 Å². The number of hydrogen-bond acceptors (Lipinski definition) is 10. The van der Waals surface area contributed by atoms with Crippen molar-refractivity contribution >= 4 is 110 Å². The number of carboxylic acids is 1. The lowest BCUT2D eigenvalue weighted by molar-refractivity contribution is -0.137. The standard InChI is InChI=1S/C24H28ClN3O4S.C21H23ClN2O3.C3H7NO2S/c1-24(2,3)14-6-9-16-19(12-14)28(13-20(29)26-33(31,32)15-7-8-15)21-17(23(16)30)10-11-18(25)22(21)27(4)5;1-21(2,3)12-6-7-13-16(10-12)24(11-17(25)26)18-14(20(13)27)8-9-15(22)19(18)23(4)5;4-7(5,6)3-1-2-3/h6,9-12,15H,7-8,13H2,1-5H3,(H,26,29);6-10H,11H2,1-5H3,(H,25,26);3H,1-2H2,(H2,4,5,6). The highest BCUT2D eigenvalue weighted by molar-refractivity contribution is 7.91. The fraction of sp³-hybridized carbons (Fsp3) is 0.417. The van der Waals surface area contributed by atoms with E-state index in [4.69, 9.17) is 28.3 Å². The van der Waals surface area contributed by atoms with Crippen LogP contribution in [0.3, 0.4) is 0 Å². The van der Waals surface area contributed by atoms with Crippen LogP contribution in [-0.4, -0.2) is 81.6 Å². The van der Waals surface area contributed by atoms with Gasteiger partial charge in [0.2, 0.25) is 20.0 Å². The summed E-state index contributed by atoms with van der Waals surface area (Å²) in [4.78, 5) is 54.8. The highest BCUT2D eigenvalue weighted by Gasteiger charge is 2.37. The van der Waals surface area contributed by atoms with Crippen molar-refractivity contribution in [2.45, 2.75) is 102 Å². The zero-order chi connectivity index (χ0) is 49.9. The van der Waals surface area contributed by atoms with Crippen molar-refractivity contribution in [3.63, 3.8) is 0 Å². The predicted molar refractivity (Wildman–Crippen MR) is 271 cm³/mol. The predicted octanol–water partition coefficient (Wildman–Crippen LogP) is 7.47. The third kappa shape index (κ3) is 11.1. The summed E-state index contributed by atoms with van der Waals surface area (Å²) in [6, 6.07) is 17.9. The Bertz CT molecular complexity index is 3330. The minimum Gasteiger partial charge on any atom is -0.480 e. The molecule has 2 heterocycles. The molecular formula is C48H58Cl2N6O9S2. The number of fused-ring (bicyclic) bond motifs is 4. The van der Waals surface area contributed by atoms with Gasteiger partial charge in [-0.15, -0.1) is 0 Å². The van der Waals surface area contributed by atoms with E-state index in [9.17, 15) is 41.1 Å². The molecule has 1 amide bonds. The molecule has 0 atom stereocenters. The second-order valence-electron chi connectivity index (χ2n) is 19.6. The summed E-state index contributed by atoms with van der Waals surface area (Å²) in [6.07, 6.45) is 2.64. The Morgan fingerprint density at radius 3 is 1.34 bits per heavy atom. The van der Waals surface area contributed by atoms with E-state index in [2.05, 4.69) is 46.3 Å². The third-order valence-corrected chi connectivity index (χ3v) is 15.6. The second-order valence-corrected chi connectivity index (χ2v) is 24.2. The number of aliphatic carboxylic acids is 1. The quantitative estimate of drug-likeness (QED) is 0.121. The number of amides is 1. The first-order chi connectivity index (χ1) is 30.9. The first-order valence-electron chi connectivity index (χ1n) is 21.6.